The summed E-state index contributed by atoms with van der Waals surface area (Å²) in [6.45, 7) is 0.778. The number of nitrogens with one attached hydrogen (secondary N) is 5. The largest absolute Gasteiger partial charge is 0.483 e. The third-order valence-electron chi connectivity index (χ3n) is 12.7. The molecule has 9 rings (SSSR count). The summed E-state index contributed by atoms with van der Waals surface area (Å²) in [5.74, 6) is -2.89. The fraction of sp³-hybridized carbons (Fsp3) is 0.327. The van der Waals surface area contributed by atoms with E-state index in [0.29, 0.717) is 25.2 Å². The fourth-order valence-electron chi connectivity index (χ4n) is 9.07. The molecule has 3 aromatic carbocycles. The van der Waals surface area contributed by atoms with Crippen LogP contribution >= 0.6 is 0 Å². The van der Waals surface area contributed by atoms with Gasteiger partial charge >= 0.3 is 5.69 Å². The number of carbonyl (C=O) groups is 6. The Kier molecular flexibility index (Phi) is 12.5. The number of pyridine rings is 2. The zero-order chi connectivity index (χ0) is 45.8. The van der Waals surface area contributed by atoms with E-state index in [1.807, 2.05) is 42.5 Å². The molecule has 338 valence electrons. The zero-order valence-electron chi connectivity index (χ0n) is 36.2. The molecule has 17 nitrogen and oxygen atoms in total. The molecule has 66 heavy (non-hydrogen) atoms. The zero-order valence-corrected chi connectivity index (χ0v) is 36.2. The number of fused-ring (bicyclic) bond motifs is 4. The summed E-state index contributed by atoms with van der Waals surface area (Å²) in [6, 6.07) is 25.7. The second-order valence-electron chi connectivity index (χ2n) is 17.0. The van der Waals surface area contributed by atoms with Crippen LogP contribution in [-0.2, 0) is 24.7 Å². The van der Waals surface area contributed by atoms with Crippen LogP contribution in [0.15, 0.2) is 95.9 Å². The summed E-state index contributed by atoms with van der Waals surface area (Å²) < 4.78 is 7.16. The number of unbranched alkanes of at least 4 members (excludes halogenated alkanes) is 3. The Morgan fingerprint density at radius 3 is 2.29 bits per heavy atom. The van der Waals surface area contributed by atoms with Gasteiger partial charge in [-0.3, -0.25) is 44.3 Å². The Morgan fingerprint density at radius 2 is 1.55 bits per heavy atom. The van der Waals surface area contributed by atoms with Crippen LogP contribution in [-0.4, -0.2) is 92.2 Å². The van der Waals surface area contributed by atoms with Gasteiger partial charge in [0.25, 0.3) is 17.7 Å². The van der Waals surface area contributed by atoms with Crippen molar-refractivity contribution in [2.24, 2.45) is 0 Å². The van der Waals surface area contributed by atoms with E-state index in [-0.39, 0.29) is 65.9 Å². The Hall–Kier alpha value is -7.53. The minimum atomic E-state index is -1.11. The molecule has 1 saturated heterocycles. The number of hydrogen-bond donors (Lipinski definition) is 5. The summed E-state index contributed by atoms with van der Waals surface area (Å²) in [4.78, 5) is 94.7. The van der Waals surface area contributed by atoms with Crippen LogP contribution in [0.2, 0.25) is 0 Å². The normalized spacial score (nSPS) is 16.7. The molecule has 2 aliphatic heterocycles. The first-order valence-electron chi connectivity index (χ1n) is 22.4. The number of carbonyl (C=O) groups excluding carboxylic acids is 6. The number of imide groups is 2. The van der Waals surface area contributed by atoms with Crippen LogP contribution in [0.4, 0.5) is 0 Å². The number of benzene rings is 3. The highest BCUT2D eigenvalue weighted by Gasteiger charge is 2.45. The van der Waals surface area contributed by atoms with E-state index in [9.17, 15) is 33.6 Å². The van der Waals surface area contributed by atoms with E-state index >= 15 is 0 Å². The maximum absolute atomic E-state index is 13.4. The smallest absolute Gasteiger partial charge is 0.347 e. The minimum Gasteiger partial charge on any atom is -0.483 e. The van der Waals surface area contributed by atoms with Crippen molar-refractivity contribution in [2.45, 2.75) is 75.8 Å². The molecule has 0 spiro atoms. The molecular weight excluding hydrogens is 843 g/mol. The first-order valence-corrected chi connectivity index (χ1v) is 22.4. The third-order valence-corrected chi connectivity index (χ3v) is 12.7. The molecule has 1 atom stereocenters. The number of aromatic amines is 1. The van der Waals surface area contributed by atoms with Crippen molar-refractivity contribution in [3.8, 4) is 28.1 Å². The molecule has 6 aromatic rings. The van der Waals surface area contributed by atoms with E-state index < -0.39 is 29.7 Å². The highest BCUT2D eigenvalue weighted by atomic mass is 16.5. The van der Waals surface area contributed by atoms with Crippen molar-refractivity contribution in [1.29, 1.82) is 0 Å². The van der Waals surface area contributed by atoms with Crippen LogP contribution in [0.5, 0.6) is 5.75 Å². The van der Waals surface area contributed by atoms with Gasteiger partial charge in [-0.15, -0.1) is 0 Å². The topological polar surface area (TPSA) is 226 Å². The van der Waals surface area contributed by atoms with E-state index in [1.54, 1.807) is 12.3 Å². The molecule has 2 fully saturated rings. The SMILES string of the molecule is O=C(CNC1(c2ccc(-c3nc4ccn5c(=O)[nH]nc5c4cc3-c3ccccc3)cc2)CCC1)NCCCCCCNC(=O)COc1cccc2c1C(=O)N([C@H]1CCCC(=O)NC1=O)C2=O. The first kappa shape index (κ1) is 43.7. The molecular formula is C49H49N9O8. The predicted molar refractivity (Wildman–Crippen MR) is 243 cm³/mol. The molecule has 1 aliphatic carbocycles. The molecule has 3 aliphatic rings. The van der Waals surface area contributed by atoms with E-state index in [2.05, 4.69) is 55.7 Å². The second kappa shape index (κ2) is 18.9. The van der Waals surface area contributed by atoms with Gasteiger partial charge in [0.1, 0.15) is 11.8 Å². The average molecular weight is 892 g/mol. The Labute approximate surface area is 378 Å². The van der Waals surface area contributed by atoms with Gasteiger partial charge in [-0.25, -0.2) is 19.3 Å². The quantitative estimate of drug-likeness (QED) is 0.0632. The summed E-state index contributed by atoms with van der Waals surface area (Å²) in [5.41, 5.74) is 5.52. The van der Waals surface area contributed by atoms with E-state index in [4.69, 9.17) is 9.72 Å². The van der Waals surface area contributed by atoms with Crippen molar-refractivity contribution in [2.75, 3.05) is 26.2 Å². The number of amides is 6. The maximum Gasteiger partial charge on any atom is 0.347 e. The van der Waals surface area contributed by atoms with Gasteiger partial charge in [-0.2, -0.15) is 5.10 Å². The molecule has 1 saturated carbocycles. The molecule has 3 aromatic heterocycles. The van der Waals surface area contributed by atoms with Gasteiger partial charge in [-0.05, 0) is 80.3 Å². The summed E-state index contributed by atoms with van der Waals surface area (Å²) in [5, 5.41) is 19.2. The van der Waals surface area contributed by atoms with Crippen molar-refractivity contribution in [1.82, 2.24) is 45.7 Å². The summed E-state index contributed by atoms with van der Waals surface area (Å²) >= 11 is 0. The third kappa shape index (κ3) is 8.81. The Balaban J connectivity index is 0.706. The van der Waals surface area contributed by atoms with Crippen LogP contribution < -0.4 is 31.7 Å². The van der Waals surface area contributed by atoms with Crippen LogP contribution in [0.3, 0.4) is 0 Å². The lowest BCUT2D eigenvalue weighted by molar-refractivity contribution is -0.131. The maximum atomic E-state index is 13.4. The van der Waals surface area contributed by atoms with Gasteiger partial charge < -0.3 is 15.4 Å². The lowest BCUT2D eigenvalue weighted by atomic mass is 9.71. The number of hydrogen-bond acceptors (Lipinski definition) is 11. The standard InChI is InChI=1S/C49H49N9O8/c59-39-16-9-14-37(45(62)54-39)58-46(63)33-13-8-15-38(42(33)47(58)64)66-29-41(61)51-25-7-2-1-6-24-50-40(60)28-52-49(22-10-23-49)32-19-17-31(18-20-32)43-34(30-11-4-3-5-12-30)27-35-36(53-43)21-26-57-44(35)55-56-48(57)65/h3-5,8,11-13,15,17-21,26-27,37,52H,1-2,6-7,9-10,14,16,22-25,28-29H2,(H,50,60)(H,51,61)(H,56,65)(H,54,59,62)/t37-/m0/s1. The monoisotopic (exact) mass is 891 g/mol. The van der Waals surface area contributed by atoms with E-state index in [0.717, 1.165) is 88.7 Å². The molecule has 0 radical (unpaired) electrons. The molecule has 5 heterocycles. The van der Waals surface area contributed by atoms with Gasteiger partial charge in [0, 0.05) is 47.8 Å². The molecule has 5 N–H and O–H groups in total. The van der Waals surface area contributed by atoms with E-state index in [1.165, 1.54) is 16.5 Å². The highest BCUT2D eigenvalue weighted by Crippen LogP contribution is 2.42. The average Bonchev–Trinajstić information content (AvgIpc) is 3.76. The van der Waals surface area contributed by atoms with Crippen molar-refractivity contribution < 1.29 is 33.5 Å². The minimum absolute atomic E-state index is 0.0107. The van der Waals surface area contributed by atoms with Crippen molar-refractivity contribution >= 4 is 52.0 Å². The number of nitrogens with zero attached hydrogens (tertiary/aromatic N) is 4. The van der Waals surface area contributed by atoms with Crippen LogP contribution in [0.1, 0.15) is 90.5 Å². The van der Waals surface area contributed by atoms with Gasteiger partial charge in [0.2, 0.25) is 17.7 Å². The first-order chi connectivity index (χ1) is 32.1. The van der Waals surface area contributed by atoms with Crippen LogP contribution in [0.25, 0.3) is 38.9 Å². The number of ether oxygens (including phenoxy) is 1. The van der Waals surface area contributed by atoms with Gasteiger partial charge in [0.05, 0.1) is 28.9 Å². The van der Waals surface area contributed by atoms with Crippen molar-refractivity contribution in [3.05, 3.63) is 118 Å². The highest BCUT2D eigenvalue weighted by molar-refractivity contribution is 6.24. The molecule has 0 bridgehead atoms. The summed E-state index contributed by atoms with van der Waals surface area (Å²) in [6.07, 6.45) is 8.43. The second-order valence-corrected chi connectivity index (χ2v) is 17.0. The number of aromatic nitrogens is 4. The van der Waals surface area contributed by atoms with Crippen LogP contribution in [0, 0.1) is 0 Å². The predicted octanol–water partition coefficient (Wildman–Crippen LogP) is 4.54. The molecule has 6 amide bonds. The lowest BCUT2D eigenvalue weighted by Crippen LogP contribution is -2.51. The molecule has 17 heteroatoms. The fourth-order valence-corrected chi connectivity index (χ4v) is 9.07. The summed E-state index contributed by atoms with van der Waals surface area (Å²) in [7, 11) is 0. The number of H-pyrrole nitrogens is 1. The van der Waals surface area contributed by atoms with Crippen molar-refractivity contribution in [3.63, 3.8) is 0 Å². The lowest BCUT2D eigenvalue weighted by Gasteiger charge is -2.43. The Morgan fingerprint density at radius 1 is 0.788 bits per heavy atom. The Bertz CT molecular complexity index is 2920. The molecule has 0 unspecified atom stereocenters. The van der Waals surface area contributed by atoms with Gasteiger partial charge in [-0.1, -0.05) is 73.5 Å². The number of rotatable bonds is 17. The van der Waals surface area contributed by atoms with Gasteiger partial charge in [0.15, 0.2) is 12.3 Å².